The Hall–Kier alpha value is -5.82. The molecule has 0 spiro atoms. The second-order valence-corrected chi connectivity index (χ2v) is 12.0. The van der Waals surface area contributed by atoms with Crippen molar-refractivity contribution < 1.29 is 19.8 Å². The van der Waals surface area contributed by atoms with Crippen molar-refractivity contribution in [2.75, 3.05) is 0 Å². The normalized spacial score (nSPS) is 12.5. The lowest BCUT2D eigenvalue weighted by atomic mass is 9.90. The summed E-state index contributed by atoms with van der Waals surface area (Å²) in [5, 5.41) is 19.7. The van der Waals surface area contributed by atoms with E-state index < -0.39 is 0 Å². The highest BCUT2D eigenvalue weighted by Gasteiger charge is 2.18. The average Bonchev–Trinajstić information content (AvgIpc) is 3.09. The summed E-state index contributed by atoms with van der Waals surface area (Å²) in [5.41, 5.74) is 5.36. The van der Waals surface area contributed by atoms with E-state index in [2.05, 4.69) is 11.9 Å². The van der Waals surface area contributed by atoms with Crippen LogP contribution in [0.1, 0.15) is 74.2 Å². The first-order valence-corrected chi connectivity index (χ1v) is 15.5. The van der Waals surface area contributed by atoms with E-state index >= 15 is 0 Å². The summed E-state index contributed by atoms with van der Waals surface area (Å²) in [7, 11) is 0. The first-order chi connectivity index (χ1) is 22.7. The molecule has 1 aromatic heterocycles. The van der Waals surface area contributed by atoms with Gasteiger partial charge in [-0.15, -0.1) is 0 Å². The molecule has 0 bridgehead atoms. The molecule has 2 unspecified atom stereocenters. The molecule has 0 aliphatic rings. The Kier molecular flexibility index (Phi) is 8.80. The van der Waals surface area contributed by atoms with Crippen LogP contribution in [0.5, 0.6) is 11.5 Å². The molecule has 0 aliphatic heterocycles. The molecular weight excluding hydrogens is 588 g/mol. The topological polar surface area (TPSA) is 109 Å². The molecule has 6 rings (SSSR count). The molecule has 47 heavy (non-hydrogen) atoms. The van der Waals surface area contributed by atoms with Gasteiger partial charge < -0.3 is 10.2 Å². The average molecular weight is 623 g/mol. The summed E-state index contributed by atoms with van der Waals surface area (Å²) < 4.78 is 1.63. The minimum absolute atomic E-state index is 0.00834. The van der Waals surface area contributed by atoms with Crippen LogP contribution in [0, 0.1) is 0 Å². The number of phenolic OH excluding ortho intramolecular Hbond substituents is 2. The molecule has 5 aromatic carbocycles. The second-order valence-electron chi connectivity index (χ2n) is 12.0. The van der Waals surface area contributed by atoms with Crippen LogP contribution in [0.2, 0.25) is 0 Å². The van der Waals surface area contributed by atoms with E-state index in [1.54, 1.807) is 47.3 Å². The van der Waals surface area contributed by atoms with Crippen LogP contribution >= 0.6 is 0 Å². The number of aromatic nitrogens is 2. The zero-order valence-electron chi connectivity index (χ0n) is 26.1. The van der Waals surface area contributed by atoms with Gasteiger partial charge in [-0.05, 0) is 102 Å². The van der Waals surface area contributed by atoms with Crippen LogP contribution < -0.4 is 5.56 Å². The van der Waals surface area contributed by atoms with E-state index in [0.29, 0.717) is 46.1 Å². The highest BCUT2D eigenvalue weighted by Crippen LogP contribution is 2.26. The van der Waals surface area contributed by atoms with Crippen LogP contribution in [0.15, 0.2) is 126 Å². The van der Waals surface area contributed by atoms with Crippen molar-refractivity contribution in [1.82, 2.24) is 9.55 Å². The molecule has 2 atom stereocenters. The van der Waals surface area contributed by atoms with Crippen LogP contribution in [0.25, 0.3) is 10.9 Å². The highest BCUT2D eigenvalue weighted by atomic mass is 16.3. The fourth-order valence-electron chi connectivity index (χ4n) is 5.95. The number of hydrogen-bond acceptors (Lipinski definition) is 6. The van der Waals surface area contributed by atoms with Gasteiger partial charge in [0.2, 0.25) is 0 Å². The third kappa shape index (κ3) is 6.75. The number of phenols is 2. The van der Waals surface area contributed by atoms with Crippen molar-refractivity contribution >= 4 is 22.5 Å². The van der Waals surface area contributed by atoms with Crippen molar-refractivity contribution in [1.29, 1.82) is 0 Å². The molecule has 234 valence electrons. The quantitative estimate of drug-likeness (QED) is 0.154. The zero-order chi connectivity index (χ0) is 33.1. The maximum absolute atomic E-state index is 13.9. The molecule has 0 radical (unpaired) electrons. The molecule has 0 amide bonds. The third-order valence-electron chi connectivity index (χ3n) is 8.63. The first-order valence-electron chi connectivity index (χ1n) is 15.5. The summed E-state index contributed by atoms with van der Waals surface area (Å²) >= 11 is 0. The third-order valence-corrected chi connectivity index (χ3v) is 8.63. The fraction of sp³-hybridized carbons (Fsp3) is 0.150. The van der Waals surface area contributed by atoms with E-state index in [0.717, 1.165) is 16.7 Å². The number of nitrogens with zero attached hydrogens (tertiary/aromatic N) is 2. The lowest BCUT2D eigenvalue weighted by molar-refractivity contribution is 0.103. The Bertz CT molecular complexity index is 2150. The number of carbonyl (C=O) groups is 2. The van der Waals surface area contributed by atoms with Gasteiger partial charge in [-0.1, -0.05) is 62.4 Å². The van der Waals surface area contributed by atoms with E-state index in [9.17, 15) is 24.6 Å². The lowest BCUT2D eigenvalue weighted by Crippen LogP contribution is -2.24. The van der Waals surface area contributed by atoms with E-state index in [4.69, 9.17) is 0 Å². The number of carbonyl (C=O) groups excluding carboxylic acids is 2. The minimum atomic E-state index is -0.141. The number of benzene rings is 5. The van der Waals surface area contributed by atoms with Gasteiger partial charge in [-0.3, -0.25) is 19.0 Å². The molecule has 7 heteroatoms. The van der Waals surface area contributed by atoms with Crippen LogP contribution in [0.4, 0.5) is 0 Å². The van der Waals surface area contributed by atoms with Gasteiger partial charge in [0, 0.05) is 28.8 Å². The van der Waals surface area contributed by atoms with Crippen LogP contribution in [-0.4, -0.2) is 31.3 Å². The van der Waals surface area contributed by atoms with Gasteiger partial charge in [-0.2, -0.15) is 0 Å². The van der Waals surface area contributed by atoms with Gasteiger partial charge >= 0.3 is 0 Å². The molecule has 0 fully saturated rings. The zero-order valence-corrected chi connectivity index (χ0v) is 26.1. The molecule has 1 heterocycles. The second kappa shape index (κ2) is 13.3. The molecular formula is C40H34N2O5. The summed E-state index contributed by atoms with van der Waals surface area (Å²) in [6, 6.07) is 33.0. The maximum atomic E-state index is 13.9. The van der Waals surface area contributed by atoms with E-state index in [1.165, 1.54) is 24.3 Å². The summed E-state index contributed by atoms with van der Waals surface area (Å²) in [4.78, 5) is 44.7. The Morgan fingerprint density at radius 2 is 1.17 bits per heavy atom. The van der Waals surface area contributed by atoms with Gasteiger partial charge in [0.25, 0.3) is 5.56 Å². The Morgan fingerprint density at radius 3 is 1.72 bits per heavy atom. The number of ketones is 2. The molecule has 0 saturated heterocycles. The van der Waals surface area contributed by atoms with Crippen molar-refractivity contribution in [2.45, 2.75) is 38.6 Å². The SMILES string of the molecule is CC(Cc1cccc2ncn(CC(C)c3cccc(C(=O)c4ccc(O)cc4)c3)c(=O)c12)c1cccc(C(=O)c2ccc(O)cc2)c1. The first kappa shape index (κ1) is 31.2. The maximum Gasteiger partial charge on any atom is 0.261 e. The minimum Gasteiger partial charge on any atom is -0.508 e. The molecule has 0 saturated carbocycles. The summed E-state index contributed by atoms with van der Waals surface area (Å²) in [6.45, 7) is 4.47. The largest absolute Gasteiger partial charge is 0.508 e. The number of rotatable bonds is 10. The highest BCUT2D eigenvalue weighted by molar-refractivity contribution is 6.09. The molecule has 6 aromatic rings. The van der Waals surface area contributed by atoms with Crippen molar-refractivity contribution in [2.24, 2.45) is 0 Å². The lowest BCUT2D eigenvalue weighted by Gasteiger charge is -2.17. The van der Waals surface area contributed by atoms with Gasteiger partial charge in [0.15, 0.2) is 11.6 Å². The Balaban J connectivity index is 1.23. The number of hydrogen-bond donors (Lipinski definition) is 2. The van der Waals surface area contributed by atoms with Crippen molar-refractivity contribution in [3.05, 3.63) is 171 Å². The summed E-state index contributed by atoms with van der Waals surface area (Å²) in [5.74, 6) is -0.134. The predicted molar refractivity (Wildman–Crippen MR) is 182 cm³/mol. The van der Waals surface area contributed by atoms with Crippen LogP contribution in [-0.2, 0) is 13.0 Å². The van der Waals surface area contributed by atoms with Crippen LogP contribution in [0.3, 0.4) is 0 Å². The summed E-state index contributed by atoms with van der Waals surface area (Å²) in [6.07, 6.45) is 2.16. The van der Waals surface area contributed by atoms with E-state index in [-0.39, 0.29) is 40.5 Å². The molecule has 2 N–H and O–H groups in total. The molecule has 0 aliphatic carbocycles. The smallest absolute Gasteiger partial charge is 0.261 e. The Labute approximate surface area is 272 Å². The van der Waals surface area contributed by atoms with Crippen molar-refractivity contribution in [3.8, 4) is 11.5 Å². The number of aromatic hydroxyl groups is 2. The standard InChI is InChI=1S/C40H34N2O5/c1-25(29-6-3-9-32(21-29)38(45)27-12-16-34(43)17-13-27)20-31-8-5-11-36-37(31)40(47)42(24-41-36)23-26(2)30-7-4-10-33(22-30)39(46)28-14-18-35(44)19-15-28/h3-19,21-22,24-26,43-44H,20,23H2,1-2H3. The van der Waals surface area contributed by atoms with Gasteiger partial charge in [-0.25, -0.2) is 4.98 Å². The fourth-order valence-corrected chi connectivity index (χ4v) is 5.95. The predicted octanol–water partition coefficient (Wildman–Crippen LogP) is 7.42. The monoisotopic (exact) mass is 622 g/mol. The van der Waals surface area contributed by atoms with Gasteiger partial charge in [0.05, 0.1) is 17.2 Å². The van der Waals surface area contributed by atoms with E-state index in [1.807, 2.05) is 61.5 Å². The number of fused-ring (bicyclic) bond motifs is 1. The Morgan fingerprint density at radius 1 is 0.660 bits per heavy atom. The molecule has 7 nitrogen and oxygen atoms in total. The van der Waals surface area contributed by atoms with Gasteiger partial charge in [0.1, 0.15) is 11.5 Å². The van der Waals surface area contributed by atoms with Crippen molar-refractivity contribution in [3.63, 3.8) is 0 Å².